The van der Waals surface area contributed by atoms with Gasteiger partial charge in [-0.3, -0.25) is 0 Å². The van der Waals surface area contributed by atoms with Gasteiger partial charge in [0.2, 0.25) is 0 Å². The molecule has 0 aromatic heterocycles. The summed E-state index contributed by atoms with van der Waals surface area (Å²) in [6.07, 6.45) is 0. The van der Waals surface area contributed by atoms with Crippen molar-refractivity contribution in [1.82, 2.24) is 0 Å². The van der Waals surface area contributed by atoms with Crippen molar-refractivity contribution in [2.75, 3.05) is 5.73 Å². The van der Waals surface area contributed by atoms with Gasteiger partial charge in [-0.05, 0) is 43.7 Å². The zero-order chi connectivity index (χ0) is 12.3. The number of hydrogen-bond acceptors (Lipinski definition) is 2. The van der Waals surface area contributed by atoms with Crippen LogP contribution in [0, 0.1) is 13.8 Å². The molecule has 0 bridgehead atoms. The number of benzene rings is 2. The fourth-order valence-electron chi connectivity index (χ4n) is 1.88. The Morgan fingerprint density at radius 3 is 2.12 bits per heavy atom. The van der Waals surface area contributed by atoms with E-state index in [1.165, 1.54) is 21.6 Å². The summed E-state index contributed by atoms with van der Waals surface area (Å²) < 4.78 is 0. The molecular formula is C15H17NS. The van der Waals surface area contributed by atoms with Crippen LogP contribution in [0.4, 0.5) is 5.69 Å². The van der Waals surface area contributed by atoms with Gasteiger partial charge in [-0.1, -0.05) is 29.3 Å². The number of hydrogen-bond donors (Lipinski definition) is 1. The molecule has 0 aliphatic heterocycles. The van der Waals surface area contributed by atoms with Crippen molar-refractivity contribution in [3.05, 3.63) is 59.2 Å². The van der Waals surface area contributed by atoms with E-state index in [0.29, 0.717) is 0 Å². The van der Waals surface area contributed by atoms with Crippen LogP contribution in [-0.4, -0.2) is 0 Å². The van der Waals surface area contributed by atoms with Crippen LogP contribution in [0.2, 0.25) is 0 Å². The van der Waals surface area contributed by atoms with Crippen LogP contribution in [0.1, 0.15) is 16.7 Å². The number of rotatable bonds is 3. The molecule has 2 N–H and O–H groups in total. The summed E-state index contributed by atoms with van der Waals surface area (Å²) in [6, 6.07) is 14.7. The van der Waals surface area contributed by atoms with Crippen molar-refractivity contribution in [3.63, 3.8) is 0 Å². The van der Waals surface area contributed by atoms with Crippen LogP contribution in [0.15, 0.2) is 47.4 Å². The second-order valence-electron chi connectivity index (χ2n) is 4.35. The van der Waals surface area contributed by atoms with E-state index in [2.05, 4.69) is 44.2 Å². The molecule has 0 saturated heterocycles. The fraction of sp³-hybridized carbons (Fsp3) is 0.200. The van der Waals surface area contributed by atoms with E-state index in [1.54, 1.807) is 0 Å². The van der Waals surface area contributed by atoms with Crippen molar-refractivity contribution in [3.8, 4) is 0 Å². The minimum Gasteiger partial charge on any atom is -0.399 e. The molecule has 0 atom stereocenters. The van der Waals surface area contributed by atoms with Gasteiger partial charge in [0.05, 0.1) is 0 Å². The zero-order valence-corrected chi connectivity index (χ0v) is 11.1. The van der Waals surface area contributed by atoms with Crippen molar-refractivity contribution in [1.29, 1.82) is 0 Å². The Bertz CT molecular complexity index is 483. The van der Waals surface area contributed by atoms with E-state index in [9.17, 15) is 0 Å². The molecule has 2 aromatic carbocycles. The highest BCUT2D eigenvalue weighted by molar-refractivity contribution is 7.98. The Balaban J connectivity index is 2.04. The van der Waals surface area contributed by atoms with Crippen LogP contribution in [-0.2, 0) is 5.75 Å². The zero-order valence-electron chi connectivity index (χ0n) is 10.2. The van der Waals surface area contributed by atoms with Gasteiger partial charge in [-0.2, -0.15) is 0 Å². The van der Waals surface area contributed by atoms with Gasteiger partial charge in [0.15, 0.2) is 0 Å². The van der Waals surface area contributed by atoms with Gasteiger partial charge in [-0.15, -0.1) is 11.8 Å². The van der Waals surface area contributed by atoms with E-state index in [-0.39, 0.29) is 0 Å². The van der Waals surface area contributed by atoms with Crippen LogP contribution >= 0.6 is 11.8 Å². The van der Waals surface area contributed by atoms with Gasteiger partial charge >= 0.3 is 0 Å². The monoisotopic (exact) mass is 243 g/mol. The number of thioether (sulfide) groups is 1. The summed E-state index contributed by atoms with van der Waals surface area (Å²) in [7, 11) is 0. The predicted molar refractivity (Wildman–Crippen MR) is 76.3 cm³/mol. The first-order chi connectivity index (χ1) is 8.13. The minimum atomic E-state index is 0.820. The predicted octanol–water partition coefficient (Wildman–Crippen LogP) is 4.18. The quantitative estimate of drug-likeness (QED) is 0.646. The van der Waals surface area contributed by atoms with Crippen LogP contribution in [0.3, 0.4) is 0 Å². The molecule has 0 spiro atoms. The lowest BCUT2D eigenvalue weighted by Crippen LogP contribution is -1.86. The minimum absolute atomic E-state index is 0.820. The summed E-state index contributed by atoms with van der Waals surface area (Å²) in [4.78, 5) is 1.26. The molecule has 0 aliphatic carbocycles. The Morgan fingerprint density at radius 2 is 1.53 bits per heavy atom. The van der Waals surface area contributed by atoms with E-state index in [4.69, 9.17) is 5.73 Å². The highest BCUT2D eigenvalue weighted by atomic mass is 32.2. The molecule has 0 fully saturated rings. The molecular weight excluding hydrogens is 226 g/mol. The molecule has 0 amide bonds. The first-order valence-electron chi connectivity index (χ1n) is 5.69. The van der Waals surface area contributed by atoms with Crippen LogP contribution in [0.25, 0.3) is 0 Å². The van der Waals surface area contributed by atoms with Crippen LogP contribution in [0.5, 0.6) is 0 Å². The SMILES string of the molecule is Cc1cc(C)cc(CSc2ccc(N)cc2)c1. The molecule has 0 heterocycles. The largest absolute Gasteiger partial charge is 0.399 e. The van der Waals surface area contributed by atoms with E-state index < -0.39 is 0 Å². The number of anilines is 1. The lowest BCUT2D eigenvalue weighted by Gasteiger charge is -2.05. The highest BCUT2D eigenvalue weighted by Crippen LogP contribution is 2.24. The van der Waals surface area contributed by atoms with E-state index >= 15 is 0 Å². The van der Waals surface area contributed by atoms with Gasteiger partial charge in [0.25, 0.3) is 0 Å². The standard InChI is InChI=1S/C15H17NS/c1-11-7-12(2)9-13(8-11)10-17-15-5-3-14(16)4-6-15/h3-9H,10,16H2,1-2H3. The molecule has 1 nitrogen and oxygen atoms in total. The Labute approximate surface area is 107 Å². The van der Waals surface area contributed by atoms with Gasteiger partial charge < -0.3 is 5.73 Å². The molecule has 2 aromatic rings. The third-order valence-corrected chi connectivity index (χ3v) is 3.65. The molecule has 2 rings (SSSR count). The third-order valence-electron chi connectivity index (χ3n) is 2.57. The Kier molecular flexibility index (Phi) is 3.75. The molecule has 0 saturated carbocycles. The lowest BCUT2D eigenvalue weighted by atomic mass is 10.1. The molecule has 17 heavy (non-hydrogen) atoms. The summed E-state index contributed by atoms with van der Waals surface area (Å²) in [5, 5.41) is 0. The normalized spacial score (nSPS) is 10.5. The molecule has 2 heteroatoms. The summed E-state index contributed by atoms with van der Waals surface area (Å²) in [5.74, 6) is 1.01. The highest BCUT2D eigenvalue weighted by Gasteiger charge is 1.98. The summed E-state index contributed by atoms with van der Waals surface area (Å²) >= 11 is 1.84. The molecule has 0 aliphatic rings. The summed E-state index contributed by atoms with van der Waals surface area (Å²) in [6.45, 7) is 4.29. The first kappa shape index (κ1) is 12.1. The van der Waals surface area contributed by atoms with Gasteiger partial charge in [0.1, 0.15) is 0 Å². The lowest BCUT2D eigenvalue weighted by molar-refractivity contribution is 1.29. The molecule has 0 unspecified atom stereocenters. The fourth-order valence-corrected chi connectivity index (χ4v) is 2.71. The topological polar surface area (TPSA) is 26.0 Å². The van der Waals surface area contributed by atoms with Gasteiger partial charge in [0, 0.05) is 16.3 Å². The average molecular weight is 243 g/mol. The maximum absolute atomic E-state index is 5.66. The number of aryl methyl sites for hydroxylation is 2. The van der Waals surface area contributed by atoms with Crippen molar-refractivity contribution >= 4 is 17.4 Å². The first-order valence-corrected chi connectivity index (χ1v) is 6.67. The second-order valence-corrected chi connectivity index (χ2v) is 5.40. The average Bonchev–Trinajstić information content (AvgIpc) is 2.27. The molecule has 0 radical (unpaired) electrons. The van der Waals surface area contributed by atoms with Crippen LogP contribution < -0.4 is 5.73 Å². The maximum Gasteiger partial charge on any atom is 0.0314 e. The summed E-state index contributed by atoms with van der Waals surface area (Å²) in [5.41, 5.74) is 10.5. The third kappa shape index (κ3) is 3.53. The number of nitrogen functional groups attached to an aromatic ring is 1. The Hall–Kier alpha value is -1.41. The van der Waals surface area contributed by atoms with E-state index in [0.717, 1.165) is 11.4 Å². The van der Waals surface area contributed by atoms with Crippen molar-refractivity contribution in [2.24, 2.45) is 0 Å². The van der Waals surface area contributed by atoms with Crippen molar-refractivity contribution in [2.45, 2.75) is 24.5 Å². The molecule has 88 valence electrons. The van der Waals surface area contributed by atoms with Gasteiger partial charge in [-0.25, -0.2) is 0 Å². The Morgan fingerprint density at radius 1 is 0.941 bits per heavy atom. The number of nitrogens with two attached hydrogens (primary N) is 1. The second kappa shape index (κ2) is 5.28. The maximum atomic E-state index is 5.66. The smallest absolute Gasteiger partial charge is 0.0314 e. The van der Waals surface area contributed by atoms with Crippen molar-refractivity contribution < 1.29 is 0 Å². The van der Waals surface area contributed by atoms with E-state index in [1.807, 2.05) is 23.9 Å².